The first kappa shape index (κ1) is 15.4. The van der Waals surface area contributed by atoms with Crippen LogP contribution in [0.15, 0.2) is 41.6 Å². The van der Waals surface area contributed by atoms with Crippen LogP contribution in [0.1, 0.15) is 30.6 Å². The molecule has 0 spiro atoms. The van der Waals surface area contributed by atoms with Crippen molar-refractivity contribution in [3.63, 3.8) is 0 Å². The van der Waals surface area contributed by atoms with Crippen molar-refractivity contribution in [2.45, 2.75) is 25.3 Å². The first-order chi connectivity index (χ1) is 9.95. The van der Waals surface area contributed by atoms with Crippen molar-refractivity contribution in [2.24, 2.45) is 5.92 Å². The Kier molecular flexibility index (Phi) is 4.57. The number of hydrogen-bond donors (Lipinski definition) is 0. The van der Waals surface area contributed by atoms with E-state index in [-0.39, 0.29) is 22.3 Å². The minimum Gasteiger partial charge on any atom is -0.298 e. The van der Waals surface area contributed by atoms with E-state index in [1.165, 1.54) is 10.9 Å². The van der Waals surface area contributed by atoms with Crippen molar-refractivity contribution in [3.8, 4) is 5.69 Å². The Morgan fingerprint density at radius 3 is 2.48 bits per heavy atom. The van der Waals surface area contributed by atoms with Gasteiger partial charge in [-0.1, -0.05) is 32.0 Å². The highest BCUT2D eigenvalue weighted by Crippen LogP contribution is 2.21. The quantitative estimate of drug-likeness (QED) is 0.769. The third-order valence-electron chi connectivity index (χ3n) is 3.14. The Balaban J connectivity index is 2.52. The summed E-state index contributed by atoms with van der Waals surface area (Å²) in [6.45, 7) is 3.93. The number of rotatable bonds is 6. The van der Waals surface area contributed by atoms with Crippen LogP contribution in [-0.4, -0.2) is 30.2 Å². The van der Waals surface area contributed by atoms with Crippen LogP contribution in [0.4, 0.5) is 0 Å². The smallest absolute Gasteiger partial charge is 0.196 e. The number of hydrogen-bond acceptors (Lipinski definition) is 4. The standard InChI is InChI=1S/C15H18N2O3S/c1-12(2)8-9-21(19,20)15-13(11-18)10-16-17(15)14-6-4-3-5-7-14/h3-7,10-12H,8-9H2,1-2H3. The molecule has 21 heavy (non-hydrogen) atoms. The van der Waals surface area contributed by atoms with Gasteiger partial charge in [-0.15, -0.1) is 0 Å². The number of aromatic nitrogens is 2. The lowest BCUT2D eigenvalue weighted by Gasteiger charge is -2.10. The average molecular weight is 306 g/mol. The van der Waals surface area contributed by atoms with E-state index < -0.39 is 9.84 Å². The van der Waals surface area contributed by atoms with Gasteiger partial charge in [0.15, 0.2) is 21.1 Å². The monoisotopic (exact) mass is 306 g/mol. The maximum atomic E-state index is 12.6. The van der Waals surface area contributed by atoms with Crippen molar-refractivity contribution in [2.75, 3.05) is 5.75 Å². The van der Waals surface area contributed by atoms with E-state index in [2.05, 4.69) is 5.10 Å². The summed E-state index contributed by atoms with van der Waals surface area (Å²) >= 11 is 0. The molecule has 1 aromatic heterocycles. The number of nitrogens with zero attached hydrogens (tertiary/aromatic N) is 2. The fourth-order valence-corrected chi connectivity index (χ4v) is 3.83. The maximum absolute atomic E-state index is 12.6. The molecule has 1 aromatic carbocycles. The Hall–Kier alpha value is -1.95. The molecule has 0 aliphatic rings. The summed E-state index contributed by atoms with van der Waals surface area (Å²) in [5.74, 6) is 0.275. The van der Waals surface area contributed by atoms with E-state index >= 15 is 0 Å². The highest BCUT2D eigenvalue weighted by molar-refractivity contribution is 7.91. The molecule has 0 fully saturated rings. The van der Waals surface area contributed by atoms with E-state index in [1.54, 1.807) is 24.3 Å². The zero-order chi connectivity index (χ0) is 15.5. The summed E-state index contributed by atoms with van der Waals surface area (Å²) in [6, 6.07) is 8.93. The van der Waals surface area contributed by atoms with E-state index in [0.29, 0.717) is 18.4 Å². The minimum absolute atomic E-state index is 0.00400. The van der Waals surface area contributed by atoms with Crippen LogP contribution < -0.4 is 0 Å². The van der Waals surface area contributed by atoms with Crippen molar-refractivity contribution >= 4 is 16.1 Å². The number of benzene rings is 1. The molecule has 0 radical (unpaired) electrons. The third-order valence-corrected chi connectivity index (χ3v) is 4.91. The molecule has 0 aliphatic carbocycles. The van der Waals surface area contributed by atoms with Gasteiger partial charge in [0, 0.05) is 0 Å². The lowest BCUT2D eigenvalue weighted by atomic mass is 10.2. The molecule has 0 bridgehead atoms. The van der Waals surface area contributed by atoms with Gasteiger partial charge in [0.25, 0.3) is 0 Å². The number of aldehydes is 1. The average Bonchev–Trinajstić information content (AvgIpc) is 2.91. The van der Waals surface area contributed by atoms with E-state index in [0.717, 1.165) is 0 Å². The van der Waals surface area contributed by atoms with Gasteiger partial charge in [-0.05, 0) is 24.5 Å². The summed E-state index contributed by atoms with van der Waals surface area (Å²) in [5.41, 5.74) is 0.719. The predicted octanol–water partition coefficient (Wildman–Crippen LogP) is 2.50. The van der Waals surface area contributed by atoms with Gasteiger partial charge in [0.05, 0.1) is 23.2 Å². The van der Waals surface area contributed by atoms with Gasteiger partial charge >= 0.3 is 0 Å². The molecule has 0 saturated carbocycles. The van der Waals surface area contributed by atoms with Crippen LogP contribution in [0.2, 0.25) is 0 Å². The van der Waals surface area contributed by atoms with Gasteiger partial charge in [0.2, 0.25) is 0 Å². The SMILES string of the molecule is CC(C)CCS(=O)(=O)c1c(C=O)cnn1-c1ccccc1. The molecule has 0 saturated heterocycles. The Bertz CT molecular complexity index is 719. The number of carbonyl (C=O) groups excluding carboxylic acids is 1. The number of para-hydroxylation sites is 1. The van der Waals surface area contributed by atoms with E-state index in [1.807, 2.05) is 19.9 Å². The molecule has 0 atom stereocenters. The Morgan fingerprint density at radius 2 is 1.90 bits per heavy atom. The molecule has 2 aromatic rings. The number of sulfone groups is 1. The molecule has 2 rings (SSSR count). The zero-order valence-corrected chi connectivity index (χ0v) is 12.9. The van der Waals surface area contributed by atoms with Crippen LogP contribution in [0.3, 0.4) is 0 Å². The second kappa shape index (κ2) is 6.22. The first-order valence-corrected chi connectivity index (χ1v) is 8.42. The summed E-state index contributed by atoms with van der Waals surface area (Å²) in [4.78, 5) is 11.1. The predicted molar refractivity (Wildman–Crippen MR) is 80.5 cm³/mol. The summed E-state index contributed by atoms with van der Waals surface area (Å²) in [6.07, 6.45) is 2.37. The minimum atomic E-state index is -3.56. The molecule has 6 heteroatoms. The number of carbonyl (C=O) groups is 1. The van der Waals surface area contributed by atoms with Crippen molar-refractivity contribution < 1.29 is 13.2 Å². The third kappa shape index (κ3) is 3.39. The second-order valence-corrected chi connectivity index (χ2v) is 7.30. The molecule has 0 N–H and O–H groups in total. The largest absolute Gasteiger partial charge is 0.298 e. The maximum Gasteiger partial charge on any atom is 0.196 e. The fourth-order valence-electron chi connectivity index (χ4n) is 1.98. The molecular formula is C15H18N2O3S. The summed E-state index contributed by atoms with van der Waals surface area (Å²) in [7, 11) is -3.56. The topological polar surface area (TPSA) is 69.0 Å². The molecule has 0 amide bonds. The molecule has 0 aliphatic heterocycles. The van der Waals surface area contributed by atoms with Gasteiger partial charge < -0.3 is 0 Å². The van der Waals surface area contributed by atoms with Crippen LogP contribution in [0, 0.1) is 5.92 Å². The van der Waals surface area contributed by atoms with Gasteiger partial charge in [-0.25, -0.2) is 13.1 Å². The van der Waals surface area contributed by atoms with E-state index in [4.69, 9.17) is 0 Å². The summed E-state index contributed by atoms with van der Waals surface area (Å²) in [5, 5.41) is 4.03. The van der Waals surface area contributed by atoms with Crippen molar-refractivity contribution in [1.29, 1.82) is 0 Å². The van der Waals surface area contributed by atoms with Crippen molar-refractivity contribution in [1.82, 2.24) is 9.78 Å². The Morgan fingerprint density at radius 1 is 1.24 bits per heavy atom. The highest BCUT2D eigenvalue weighted by Gasteiger charge is 2.25. The second-order valence-electron chi connectivity index (χ2n) is 5.27. The highest BCUT2D eigenvalue weighted by atomic mass is 32.2. The fraction of sp³-hybridized carbons (Fsp3) is 0.333. The van der Waals surface area contributed by atoms with Crippen molar-refractivity contribution in [3.05, 3.63) is 42.1 Å². The Labute approximate surface area is 124 Å². The van der Waals surface area contributed by atoms with Gasteiger partial charge in [0.1, 0.15) is 0 Å². The lowest BCUT2D eigenvalue weighted by Crippen LogP contribution is -2.15. The molecule has 5 nitrogen and oxygen atoms in total. The molecule has 1 heterocycles. The van der Waals surface area contributed by atoms with E-state index in [9.17, 15) is 13.2 Å². The normalized spacial score (nSPS) is 11.8. The molecular weight excluding hydrogens is 288 g/mol. The van der Waals surface area contributed by atoms with Gasteiger partial charge in [-0.3, -0.25) is 4.79 Å². The van der Waals surface area contributed by atoms with Gasteiger partial charge in [-0.2, -0.15) is 5.10 Å². The van der Waals surface area contributed by atoms with Crippen LogP contribution in [0.5, 0.6) is 0 Å². The molecule has 0 unspecified atom stereocenters. The first-order valence-electron chi connectivity index (χ1n) is 6.77. The summed E-state index contributed by atoms with van der Waals surface area (Å²) < 4.78 is 26.4. The zero-order valence-electron chi connectivity index (χ0n) is 12.1. The van der Waals surface area contributed by atoms with Crippen LogP contribution in [-0.2, 0) is 9.84 Å². The van der Waals surface area contributed by atoms with Crippen LogP contribution >= 0.6 is 0 Å². The molecule has 112 valence electrons. The lowest BCUT2D eigenvalue weighted by molar-refractivity contribution is 0.112. The van der Waals surface area contributed by atoms with Crippen LogP contribution in [0.25, 0.3) is 5.69 Å².